The van der Waals surface area contributed by atoms with Crippen molar-refractivity contribution in [3.63, 3.8) is 0 Å². The number of piperazine rings is 1. The summed E-state index contributed by atoms with van der Waals surface area (Å²) in [6.45, 7) is 10.6. The lowest BCUT2D eigenvalue weighted by Crippen LogP contribution is -2.47. The summed E-state index contributed by atoms with van der Waals surface area (Å²) < 4.78 is 10.8. The van der Waals surface area contributed by atoms with Gasteiger partial charge in [0.05, 0.1) is 19.2 Å². The smallest absolute Gasteiger partial charge is 0.139 e. The Morgan fingerprint density at radius 3 is 2.19 bits per heavy atom. The van der Waals surface area contributed by atoms with E-state index in [2.05, 4.69) is 48.8 Å². The molecule has 3 rings (SSSR count). The Hall–Kier alpha value is -1.91. The van der Waals surface area contributed by atoms with Crippen LogP contribution < -0.4 is 14.4 Å². The summed E-state index contributed by atoms with van der Waals surface area (Å²) in [6, 6.07) is 10.8. The van der Waals surface area contributed by atoms with Crippen molar-refractivity contribution >= 4 is 17.3 Å². The number of rotatable bonds is 5. The van der Waals surface area contributed by atoms with Crippen molar-refractivity contribution in [1.29, 1.82) is 0 Å². The fourth-order valence-corrected chi connectivity index (χ4v) is 4.09. The average Bonchev–Trinajstić information content (AvgIpc) is 2.69. The average molecular weight is 389 g/mol. The van der Waals surface area contributed by atoms with Crippen molar-refractivity contribution in [1.82, 2.24) is 4.90 Å². The van der Waals surface area contributed by atoms with Crippen LogP contribution in [0.2, 0.25) is 5.02 Å². The van der Waals surface area contributed by atoms with Crippen molar-refractivity contribution in [3.8, 4) is 11.5 Å². The number of hydrogen-bond donors (Lipinski definition) is 0. The van der Waals surface area contributed by atoms with Gasteiger partial charge in [-0.3, -0.25) is 4.90 Å². The van der Waals surface area contributed by atoms with Gasteiger partial charge in [-0.15, -0.1) is 0 Å². The molecule has 1 saturated heterocycles. The van der Waals surface area contributed by atoms with Crippen LogP contribution >= 0.6 is 11.6 Å². The molecule has 4 nitrogen and oxygen atoms in total. The summed E-state index contributed by atoms with van der Waals surface area (Å²) in [7, 11) is 3.39. The first kappa shape index (κ1) is 19.8. The predicted molar refractivity (Wildman–Crippen MR) is 113 cm³/mol. The van der Waals surface area contributed by atoms with Crippen LogP contribution in [-0.4, -0.2) is 45.3 Å². The molecule has 0 amide bonds. The molecular weight excluding hydrogens is 360 g/mol. The van der Waals surface area contributed by atoms with Crippen LogP contribution in [0.15, 0.2) is 30.3 Å². The van der Waals surface area contributed by atoms with Gasteiger partial charge in [0.2, 0.25) is 0 Å². The number of nitrogens with zero attached hydrogens (tertiary/aromatic N) is 2. The lowest BCUT2D eigenvalue weighted by molar-refractivity contribution is 0.198. The highest BCUT2D eigenvalue weighted by atomic mass is 35.5. The number of halogens is 1. The highest BCUT2D eigenvalue weighted by molar-refractivity contribution is 6.32. The van der Waals surface area contributed by atoms with Crippen molar-refractivity contribution in [2.75, 3.05) is 45.3 Å². The third-order valence-electron chi connectivity index (χ3n) is 5.60. The van der Waals surface area contributed by atoms with Gasteiger partial charge in [-0.25, -0.2) is 0 Å². The Balaban J connectivity index is 1.69. The Labute approximate surface area is 167 Å². The zero-order valence-corrected chi connectivity index (χ0v) is 17.6. The molecule has 2 aromatic carbocycles. The van der Waals surface area contributed by atoms with E-state index in [1.54, 1.807) is 14.2 Å². The van der Waals surface area contributed by atoms with Crippen molar-refractivity contribution in [2.24, 2.45) is 0 Å². The molecule has 1 unspecified atom stereocenters. The first-order valence-corrected chi connectivity index (χ1v) is 9.80. The molecule has 146 valence electrons. The monoisotopic (exact) mass is 388 g/mol. The summed E-state index contributed by atoms with van der Waals surface area (Å²) in [5.74, 6) is 1.69. The Morgan fingerprint density at radius 2 is 1.56 bits per heavy atom. The zero-order valence-electron chi connectivity index (χ0n) is 16.9. The molecule has 0 bridgehead atoms. The highest BCUT2D eigenvalue weighted by Gasteiger charge is 2.24. The number of anilines is 1. The van der Waals surface area contributed by atoms with Gasteiger partial charge in [0, 0.05) is 44.0 Å². The Kier molecular flexibility index (Phi) is 6.18. The van der Waals surface area contributed by atoms with Gasteiger partial charge < -0.3 is 14.4 Å². The molecule has 27 heavy (non-hydrogen) atoms. The third-order valence-corrected chi connectivity index (χ3v) is 5.91. The molecular formula is C22H29ClN2O2. The fraction of sp³-hybridized carbons (Fsp3) is 0.455. The van der Waals surface area contributed by atoms with Gasteiger partial charge in [0.15, 0.2) is 0 Å². The lowest BCUT2D eigenvalue weighted by atomic mass is 9.97. The first-order chi connectivity index (χ1) is 12.9. The number of ether oxygens (including phenoxy) is 2. The van der Waals surface area contributed by atoms with Crippen LogP contribution in [0.25, 0.3) is 0 Å². The summed E-state index contributed by atoms with van der Waals surface area (Å²) in [5.41, 5.74) is 5.03. The second-order valence-electron chi connectivity index (χ2n) is 7.20. The van der Waals surface area contributed by atoms with Crippen LogP contribution in [0.1, 0.15) is 29.7 Å². The molecule has 0 aliphatic carbocycles. The Morgan fingerprint density at radius 1 is 0.889 bits per heavy atom. The van der Waals surface area contributed by atoms with Crippen molar-refractivity contribution < 1.29 is 9.47 Å². The molecule has 0 spiro atoms. The summed E-state index contributed by atoms with van der Waals surface area (Å²) in [6.07, 6.45) is 0. The number of methoxy groups -OCH3 is 2. The molecule has 0 aromatic heterocycles. The van der Waals surface area contributed by atoms with Crippen LogP contribution in [0, 0.1) is 13.8 Å². The van der Waals surface area contributed by atoms with E-state index in [1.165, 1.54) is 22.4 Å². The maximum absolute atomic E-state index is 6.16. The predicted octanol–water partition coefficient (Wildman–Crippen LogP) is 4.86. The minimum absolute atomic E-state index is 0.386. The molecule has 5 heteroatoms. The second-order valence-corrected chi connectivity index (χ2v) is 7.60. The van der Waals surface area contributed by atoms with E-state index >= 15 is 0 Å². The van der Waals surface area contributed by atoms with E-state index in [0.717, 1.165) is 37.7 Å². The normalized spacial score (nSPS) is 16.3. The van der Waals surface area contributed by atoms with Crippen molar-refractivity contribution in [2.45, 2.75) is 26.8 Å². The summed E-state index contributed by atoms with van der Waals surface area (Å²) in [5, 5.41) is 0.652. The largest absolute Gasteiger partial charge is 0.496 e. The van der Waals surface area contributed by atoms with E-state index in [-0.39, 0.29) is 0 Å². The zero-order chi connectivity index (χ0) is 19.6. The minimum atomic E-state index is 0.386. The minimum Gasteiger partial charge on any atom is -0.496 e. The highest BCUT2D eigenvalue weighted by Crippen LogP contribution is 2.32. The third kappa shape index (κ3) is 4.17. The van der Waals surface area contributed by atoms with Gasteiger partial charge >= 0.3 is 0 Å². The molecule has 1 aliphatic rings. The molecule has 1 heterocycles. The number of hydrogen-bond acceptors (Lipinski definition) is 4. The summed E-state index contributed by atoms with van der Waals surface area (Å²) >= 11 is 6.16. The summed E-state index contributed by atoms with van der Waals surface area (Å²) in [4.78, 5) is 4.95. The van der Waals surface area contributed by atoms with E-state index in [1.807, 2.05) is 12.1 Å². The van der Waals surface area contributed by atoms with Gasteiger partial charge in [-0.1, -0.05) is 17.7 Å². The molecule has 1 aliphatic heterocycles. The van der Waals surface area contributed by atoms with E-state index in [0.29, 0.717) is 11.1 Å². The lowest BCUT2D eigenvalue weighted by Gasteiger charge is -2.39. The molecule has 0 radical (unpaired) electrons. The quantitative estimate of drug-likeness (QED) is 0.730. The first-order valence-electron chi connectivity index (χ1n) is 9.42. The molecule has 2 aromatic rings. The van der Waals surface area contributed by atoms with Crippen LogP contribution in [0.5, 0.6) is 11.5 Å². The molecule has 0 saturated carbocycles. The van der Waals surface area contributed by atoms with Crippen LogP contribution in [-0.2, 0) is 0 Å². The van der Waals surface area contributed by atoms with Crippen LogP contribution in [0.3, 0.4) is 0 Å². The molecule has 1 atom stereocenters. The van der Waals surface area contributed by atoms with Gasteiger partial charge in [0.1, 0.15) is 11.5 Å². The van der Waals surface area contributed by atoms with Gasteiger partial charge in [-0.05, 0) is 55.7 Å². The fourth-order valence-electron chi connectivity index (χ4n) is 3.89. The maximum atomic E-state index is 6.16. The molecule has 0 N–H and O–H groups in total. The van der Waals surface area contributed by atoms with Crippen molar-refractivity contribution in [3.05, 3.63) is 52.0 Å². The number of aryl methyl sites for hydroxylation is 2. The number of benzene rings is 2. The van der Waals surface area contributed by atoms with Gasteiger partial charge in [-0.2, -0.15) is 0 Å². The SMILES string of the molecule is COc1cc(C)c(C(C)N2CCN(c3ccc(Cl)c(OC)c3)CC2)cc1C. The maximum Gasteiger partial charge on any atom is 0.139 e. The van der Waals surface area contributed by atoms with E-state index in [4.69, 9.17) is 21.1 Å². The molecule has 1 fully saturated rings. The van der Waals surface area contributed by atoms with E-state index in [9.17, 15) is 0 Å². The standard InChI is InChI=1S/C22H29ClN2O2/c1-15-13-21(26-4)16(2)12-19(15)17(3)24-8-10-25(11-9-24)18-6-7-20(23)22(14-18)27-5/h6-7,12-14,17H,8-11H2,1-5H3. The van der Waals surface area contributed by atoms with Gasteiger partial charge in [0.25, 0.3) is 0 Å². The van der Waals surface area contributed by atoms with Crippen LogP contribution in [0.4, 0.5) is 5.69 Å². The second kappa shape index (κ2) is 8.41. The topological polar surface area (TPSA) is 24.9 Å². The Bertz CT molecular complexity index is 801. The van der Waals surface area contributed by atoms with E-state index < -0.39 is 0 Å².